The number of aryl methyl sites for hydroxylation is 2. The van der Waals surface area contributed by atoms with Crippen molar-refractivity contribution in [3.05, 3.63) is 23.7 Å². The fourth-order valence-electron chi connectivity index (χ4n) is 1.61. The number of nitrogens with zero attached hydrogens (tertiary/aromatic N) is 5. The van der Waals surface area contributed by atoms with Crippen LogP contribution >= 0.6 is 0 Å². The smallest absolute Gasteiger partial charge is 0.177 e. The second-order valence-corrected chi connectivity index (χ2v) is 4.08. The van der Waals surface area contributed by atoms with E-state index in [0.717, 1.165) is 36.7 Å². The minimum atomic E-state index is 0.760. The molecule has 0 saturated heterocycles. The number of rotatable bonds is 5. The van der Waals surface area contributed by atoms with Crippen LogP contribution in [0.25, 0.3) is 5.82 Å². The monoisotopic (exact) mass is 234 g/mol. The van der Waals surface area contributed by atoms with Crippen molar-refractivity contribution in [3.63, 3.8) is 0 Å². The van der Waals surface area contributed by atoms with Crippen LogP contribution in [0.4, 0.5) is 0 Å². The standard InChI is InChI=1S/C11H18N6/c1-4-5-12-7-10-8-13-15-17(10)11-6-9(2)16(3)14-11/h6,8,12H,4-5,7H2,1-3H3. The lowest BCUT2D eigenvalue weighted by Gasteiger charge is -2.03. The van der Waals surface area contributed by atoms with E-state index in [1.54, 1.807) is 10.9 Å². The third-order valence-corrected chi connectivity index (χ3v) is 2.67. The summed E-state index contributed by atoms with van der Waals surface area (Å²) in [6, 6.07) is 2.00. The van der Waals surface area contributed by atoms with Crippen LogP contribution in [0.5, 0.6) is 0 Å². The maximum absolute atomic E-state index is 4.39. The van der Waals surface area contributed by atoms with Crippen molar-refractivity contribution < 1.29 is 0 Å². The molecule has 0 amide bonds. The Morgan fingerprint density at radius 3 is 2.88 bits per heavy atom. The highest BCUT2D eigenvalue weighted by atomic mass is 15.5. The van der Waals surface area contributed by atoms with Crippen LogP contribution in [-0.2, 0) is 13.6 Å². The molecule has 2 aromatic rings. The van der Waals surface area contributed by atoms with Crippen molar-refractivity contribution in [2.24, 2.45) is 7.05 Å². The van der Waals surface area contributed by atoms with E-state index in [2.05, 4.69) is 27.7 Å². The van der Waals surface area contributed by atoms with Crippen LogP contribution in [0.1, 0.15) is 24.7 Å². The van der Waals surface area contributed by atoms with Crippen molar-refractivity contribution in [2.75, 3.05) is 6.54 Å². The molecule has 92 valence electrons. The molecule has 0 aliphatic carbocycles. The molecule has 0 aliphatic heterocycles. The molecule has 0 saturated carbocycles. The van der Waals surface area contributed by atoms with Gasteiger partial charge in [0.15, 0.2) is 5.82 Å². The highest BCUT2D eigenvalue weighted by molar-refractivity contribution is 5.25. The number of nitrogens with one attached hydrogen (secondary N) is 1. The lowest BCUT2D eigenvalue weighted by Crippen LogP contribution is -2.17. The van der Waals surface area contributed by atoms with E-state index in [1.807, 2.05) is 24.7 Å². The van der Waals surface area contributed by atoms with Crippen LogP contribution < -0.4 is 5.32 Å². The first-order valence-corrected chi connectivity index (χ1v) is 5.83. The van der Waals surface area contributed by atoms with Gasteiger partial charge in [0, 0.05) is 25.4 Å². The van der Waals surface area contributed by atoms with Gasteiger partial charge in [-0.25, -0.2) is 0 Å². The van der Waals surface area contributed by atoms with Crippen molar-refractivity contribution in [1.29, 1.82) is 0 Å². The molecule has 0 aromatic carbocycles. The van der Waals surface area contributed by atoms with E-state index >= 15 is 0 Å². The summed E-state index contributed by atoms with van der Waals surface area (Å²) in [6.45, 7) is 5.91. The summed E-state index contributed by atoms with van der Waals surface area (Å²) < 4.78 is 3.61. The lowest BCUT2D eigenvalue weighted by molar-refractivity contribution is 0.630. The maximum Gasteiger partial charge on any atom is 0.177 e. The largest absolute Gasteiger partial charge is 0.311 e. The van der Waals surface area contributed by atoms with E-state index < -0.39 is 0 Å². The number of hydrogen-bond acceptors (Lipinski definition) is 4. The summed E-state index contributed by atoms with van der Waals surface area (Å²) in [4.78, 5) is 0. The molecule has 0 spiro atoms. The Bertz CT molecular complexity index is 464. The van der Waals surface area contributed by atoms with Gasteiger partial charge in [-0.1, -0.05) is 12.1 Å². The molecule has 2 heterocycles. The predicted molar refractivity (Wildman–Crippen MR) is 64.9 cm³/mol. The van der Waals surface area contributed by atoms with Gasteiger partial charge >= 0.3 is 0 Å². The quantitative estimate of drug-likeness (QED) is 0.778. The third-order valence-electron chi connectivity index (χ3n) is 2.67. The Labute approximate surface area is 101 Å². The molecular formula is C11H18N6. The first kappa shape index (κ1) is 11.8. The molecule has 2 rings (SSSR count). The Hall–Kier alpha value is -1.69. The minimum absolute atomic E-state index is 0.760. The number of aromatic nitrogens is 5. The van der Waals surface area contributed by atoms with Gasteiger partial charge in [-0.3, -0.25) is 4.68 Å². The minimum Gasteiger partial charge on any atom is -0.311 e. The van der Waals surface area contributed by atoms with Gasteiger partial charge in [0.1, 0.15) is 0 Å². The van der Waals surface area contributed by atoms with Gasteiger partial charge in [0.2, 0.25) is 0 Å². The molecule has 0 aliphatic rings. The van der Waals surface area contributed by atoms with E-state index in [9.17, 15) is 0 Å². The van der Waals surface area contributed by atoms with Crippen molar-refractivity contribution in [2.45, 2.75) is 26.8 Å². The predicted octanol–water partition coefficient (Wildman–Crippen LogP) is 0.809. The summed E-state index contributed by atoms with van der Waals surface area (Å²) in [6.07, 6.45) is 2.89. The Morgan fingerprint density at radius 1 is 1.41 bits per heavy atom. The average molecular weight is 234 g/mol. The fraction of sp³-hybridized carbons (Fsp3) is 0.545. The molecule has 6 heteroatoms. The topological polar surface area (TPSA) is 60.6 Å². The Morgan fingerprint density at radius 2 is 2.24 bits per heavy atom. The molecule has 0 radical (unpaired) electrons. The van der Waals surface area contributed by atoms with E-state index in [-0.39, 0.29) is 0 Å². The van der Waals surface area contributed by atoms with Crippen molar-refractivity contribution >= 4 is 0 Å². The van der Waals surface area contributed by atoms with Crippen LogP contribution in [0.2, 0.25) is 0 Å². The second-order valence-electron chi connectivity index (χ2n) is 4.08. The second kappa shape index (κ2) is 5.09. The van der Waals surface area contributed by atoms with E-state index in [4.69, 9.17) is 0 Å². The maximum atomic E-state index is 4.39. The van der Waals surface area contributed by atoms with Crippen LogP contribution in [0.3, 0.4) is 0 Å². The molecule has 1 N–H and O–H groups in total. The first-order chi connectivity index (χ1) is 8.22. The Kier molecular flexibility index (Phi) is 3.53. The van der Waals surface area contributed by atoms with Crippen LogP contribution in [0.15, 0.2) is 12.3 Å². The van der Waals surface area contributed by atoms with E-state index in [1.165, 1.54) is 0 Å². The van der Waals surface area contributed by atoms with Crippen molar-refractivity contribution in [1.82, 2.24) is 30.1 Å². The van der Waals surface area contributed by atoms with Crippen LogP contribution in [-0.4, -0.2) is 31.3 Å². The summed E-state index contributed by atoms with van der Waals surface area (Å²) in [5.41, 5.74) is 2.12. The summed E-state index contributed by atoms with van der Waals surface area (Å²) in [5.74, 6) is 0.816. The Balaban J connectivity index is 2.18. The average Bonchev–Trinajstić information content (AvgIpc) is 2.87. The lowest BCUT2D eigenvalue weighted by atomic mass is 10.4. The molecule has 0 atom stereocenters. The highest BCUT2D eigenvalue weighted by Gasteiger charge is 2.09. The number of hydrogen-bond donors (Lipinski definition) is 1. The fourth-order valence-corrected chi connectivity index (χ4v) is 1.61. The SMILES string of the molecule is CCCNCc1cnnn1-c1cc(C)n(C)n1. The summed E-state index contributed by atoms with van der Waals surface area (Å²) in [7, 11) is 1.92. The van der Waals surface area contributed by atoms with Gasteiger partial charge < -0.3 is 5.32 Å². The summed E-state index contributed by atoms with van der Waals surface area (Å²) in [5, 5.41) is 15.7. The van der Waals surface area contributed by atoms with Crippen molar-refractivity contribution in [3.8, 4) is 5.82 Å². The molecule has 17 heavy (non-hydrogen) atoms. The molecule has 6 nitrogen and oxygen atoms in total. The zero-order valence-electron chi connectivity index (χ0n) is 10.5. The molecule has 0 unspecified atom stereocenters. The van der Waals surface area contributed by atoms with Gasteiger partial charge in [-0.05, 0) is 19.9 Å². The molecular weight excluding hydrogens is 216 g/mol. The molecule has 0 bridgehead atoms. The van der Waals surface area contributed by atoms with Gasteiger partial charge in [0.25, 0.3) is 0 Å². The summed E-state index contributed by atoms with van der Waals surface area (Å²) >= 11 is 0. The van der Waals surface area contributed by atoms with Gasteiger partial charge in [0.05, 0.1) is 11.9 Å². The molecule has 0 fully saturated rings. The third kappa shape index (κ3) is 2.52. The van der Waals surface area contributed by atoms with Crippen LogP contribution in [0, 0.1) is 6.92 Å². The van der Waals surface area contributed by atoms with Gasteiger partial charge in [-0.2, -0.15) is 9.78 Å². The zero-order chi connectivity index (χ0) is 12.3. The normalized spacial score (nSPS) is 11.0. The zero-order valence-corrected chi connectivity index (χ0v) is 10.5. The van der Waals surface area contributed by atoms with Gasteiger partial charge in [-0.15, -0.1) is 5.10 Å². The highest BCUT2D eigenvalue weighted by Crippen LogP contribution is 2.09. The molecule has 2 aromatic heterocycles. The first-order valence-electron chi connectivity index (χ1n) is 5.83. The van der Waals surface area contributed by atoms with E-state index in [0.29, 0.717) is 0 Å².